The number of halogens is 1. The lowest BCUT2D eigenvalue weighted by Gasteiger charge is -2.12. The van der Waals surface area contributed by atoms with E-state index in [1.54, 1.807) is 26.7 Å². The second kappa shape index (κ2) is 5.10. The molecule has 0 heterocycles. The average Bonchev–Trinajstić information content (AvgIpc) is 2.26. The van der Waals surface area contributed by atoms with Crippen molar-refractivity contribution in [3.8, 4) is 17.2 Å². The molecule has 1 rings (SSSR count). The number of ether oxygens (including phenoxy) is 3. The molecule has 4 heteroatoms. The number of hydrogen-bond acceptors (Lipinski definition) is 3. The van der Waals surface area contributed by atoms with Gasteiger partial charge in [-0.2, -0.15) is 0 Å². The Balaban J connectivity index is 3.24. The van der Waals surface area contributed by atoms with Crippen molar-refractivity contribution >= 4 is 15.9 Å². The minimum absolute atomic E-state index is 0.605. The van der Waals surface area contributed by atoms with Gasteiger partial charge in [0.2, 0.25) is 5.75 Å². The predicted octanol–water partition coefficient (Wildman–Crippen LogP) is 2.62. The Kier molecular flexibility index (Phi) is 4.07. The largest absolute Gasteiger partial charge is 0.493 e. The minimum atomic E-state index is 0.605. The van der Waals surface area contributed by atoms with Crippen molar-refractivity contribution in [3.63, 3.8) is 0 Å². The van der Waals surface area contributed by atoms with Gasteiger partial charge in [0.1, 0.15) is 0 Å². The number of methoxy groups -OCH3 is 3. The van der Waals surface area contributed by atoms with Crippen molar-refractivity contribution in [3.05, 3.63) is 23.0 Å². The zero-order valence-electron chi connectivity index (χ0n) is 8.33. The fourth-order valence-electron chi connectivity index (χ4n) is 1.16. The van der Waals surface area contributed by atoms with Crippen molar-refractivity contribution in [2.75, 3.05) is 21.3 Å². The smallest absolute Gasteiger partial charge is 0.203 e. The minimum Gasteiger partial charge on any atom is -0.493 e. The maximum Gasteiger partial charge on any atom is 0.203 e. The second-order valence-electron chi connectivity index (χ2n) is 2.57. The first-order valence-electron chi connectivity index (χ1n) is 4.00. The zero-order valence-corrected chi connectivity index (χ0v) is 9.92. The number of benzene rings is 1. The first-order valence-corrected chi connectivity index (χ1v) is 4.91. The van der Waals surface area contributed by atoms with Gasteiger partial charge in [-0.3, -0.25) is 0 Å². The summed E-state index contributed by atoms with van der Waals surface area (Å²) in [7, 11) is 4.77. The third-order valence-corrected chi connectivity index (χ3v) is 2.34. The topological polar surface area (TPSA) is 27.7 Å². The molecule has 0 saturated carbocycles. The predicted molar refractivity (Wildman–Crippen MR) is 58.4 cm³/mol. The van der Waals surface area contributed by atoms with Gasteiger partial charge in [0, 0.05) is 0 Å². The maximum atomic E-state index is 5.18. The summed E-state index contributed by atoms with van der Waals surface area (Å²) in [6.45, 7) is 0. The van der Waals surface area contributed by atoms with Crippen molar-refractivity contribution in [1.29, 1.82) is 0 Å². The summed E-state index contributed by atoms with van der Waals surface area (Å²) >= 11 is 3.25. The van der Waals surface area contributed by atoms with Gasteiger partial charge in [-0.25, -0.2) is 0 Å². The summed E-state index contributed by atoms with van der Waals surface area (Å²) in [5, 5.41) is 1.79. The zero-order chi connectivity index (χ0) is 10.6. The highest BCUT2D eigenvalue weighted by molar-refractivity contribution is 9.10. The highest BCUT2D eigenvalue weighted by Gasteiger charge is 2.12. The summed E-state index contributed by atoms with van der Waals surface area (Å²) in [6.07, 6.45) is 0. The van der Waals surface area contributed by atoms with Crippen LogP contribution >= 0.6 is 15.9 Å². The second-order valence-corrected chi connectivity index (χ2v) is 3.03. The van der Waals surface area contributed by atoms with Crippen LogP contribution in [0.15, 0.2) is 12.1 Å². The summed E-state index contributed by atoms with van der Waals surface area (Å²) < 4.78 is 15.5. The van der Waals surface area contributed by atoms with Crippen LogP contribution in [-0.2, 0) is 0 Å². The van der Waals surface area contributed by atoms with Crippen LogP contribution in [0.1, 0.15) is 5.56 Å². The van der Waals surface area contributed by atoms with E-state index >= 15 is 0 Å². The van der Waals surface area contributed by atoms with Gasteiger partial charge in [-0.05, 0) is 17.7 Å². The number of rotatable bonds is 4. The van der Waals surface area contributed by atoms with Crippen LogP contribution in [0.4, 0.5) is 0 Å². The van der Waals surface area contributed by atoms with E-state index in [1.807, 2.05) is 12.1 Å². The van der Waals surface area contributed by atoms with Gasteiger partial charge in [0.05, 0.1) is 26.7 Å². The van der Waals surface area contributed by atoms with Crippen LogP contribution in [0.25, 0.3) is 0 Å². The fourth-order valence-corrected chi connectivity index (χ4v) is 1.43. The lowest BCUT2D eigenvalue weighted by Crippen LogP contribution is -1.95. The van der Waals surface area contributed by atoms with Crippen LogP contribution in [-0.4, -0.2) is 21.3 Å². The summed E-state index contributed by atoms with van der Waals surface area (Å²) in [4.78, 5) is 0. The van der Waals surface area contributed by atoms with E-state index in [2.05, 4.69) is 15.9 Å². The molecule has 0 bridgehead atoms. The molecule has 77 valence electrons. The molecule has 0 unspecified atom stereocenters. The molecule has 0 spiro atoms. The third-order valence-electron chi connectivity index (χ3n) is 1.81. The highest BCUT2D eigenvalue weighted by atomic mass is 79.9. The molecule has 0 amide bonds. The molecule has 1 aromatic rings. The Morgan fingerprint density at radius 1 is 1.00 bits per heavy atom. The summed E-state index contributed by atoms with van der Waals surface area (Å²) in [5.41, 5.74) is 0.958. The van der Waals surface area contributed by atoms with E-state index in [0.29, 0.717) is 17.2 Å². The van der Waals surface area contributed by atoms with Gasteiger partial charge in [-0.1, -0.05) is 15.9 Å². The van der Waals surface area contributed by atoms with E-state index in [0.717, 1.165) is 5.56 Å². The molecule has 0 saturated heterocycles. The lowest BCUT2D eigenvalue weighted by atomic mass is 10.2. The van der Waals surface area contributed by atoms with Crippen molar-refractivity contribution in [1.82, 2.24) is 0 Å². The van der Waals surface area contributed by atoms with Crippen molar-refractivity contribution in [2.24, 2.45) is 0 Å². The molecular weight excluding hydrogens is 248 g/mol. The number of hydrogen-bond donors (Lipinski definition) is 0. The van der Waals surface area contributed by atoms with Crippen LogP contribution in [0.3, 0.4) is 0 Å². The van der Waals surface area contributed by atoms with Crippen molar-refractivity contribution in [2.45, 2.75) is 0 Å². The molecule has 0 N–H and O–H groups in total. The molecule has 1 radical (unpaired) electrons. The molecule has 0 atom stereocenters. The Morgan fingerprint density at radius 2 is 1.50 bits per heavy atom. The fraction of sp³-hybridized carbons (Fsp3) is 0.300. The average molecular weight is 260 g/mol. The van der Waals surface area contributed by atoms with Crippen LogP contribution in [0.2, 0.25) is 0 Å². The van der Waals surface area contributed by atoms with Gasteiger partial charge < -0.3 is 14.2 Å². The van der Waals surface area contributed by atoms with Gasteiger partial charge in [0.15, 0.2) is 11.5 Å². The normalized spacial score (nSPS) is 9.71. The van der Waals surface area contributed by atoms with E-state index in [-0.39, 0.29) is 0 Å². The molecule has 0 fully saturated rings. The van der Waals surface area contributed by atoms with Crippen LogP contribution < -0.4 is 14.2 Å². The molecule has 1 aromatic carbocycles. The molecule has 0 aliphatic heterocycles. The van der Waals surface area contributed by atoms with E-state index in [4.69, 9.17) is 14.2 Å². The lowest BCUT2D eigenvalue weighted by molar-refractivity contribution is 0.324. The standard InChI is InChI=1S/C10H12BrO3/c1-12-8-4-7(6-11)5-9(13-2)10(8)14-3/h4-6H,1-3H3. The van der Waals surface area contributed by atoms with Gasteiger partial charge >= 0.3 is 0 Å². The Hall–Kier alpha value is -0.900. The van der Waals surface area contributed by atoms with Crippen molar-refractivity contribution < 1.29 is 14.2 Å². The summed E-state index contributed by atoms with van der Waals surface area (Å²) in [5.74, 6) is 1.91. The SMILES string of the molecule is COc1cc([CH]Br)cc(OC)c1OC. The van der Waals surface area contributed by atoms with E-state index in [9.17, 15) is 0 Å². The first kappa shape index (κ1) is 11.2. The molecular formula is C10H12BrO3. The quantitative estimate of drug-likeness (QED) is 0.832. The third kappa shape index (κ3) is 2.12. The molecule has 14 heavy (non-hydrogen) atoms. The summed E-state index contributed by atoms with van der Waals surface area (Å²) in [6, 6.07) is 3.71. The first-order chi connectivity index (χ1) is 6.76. The van der Waals surface area contributed by atoms with E-state index in [1.165, 1.54) is 0 Å². The maximum absolute atomic E-state index is 5.18. The Bertz CT molecular complexity index is 287. The molecule has 0 aliphatic rings. The monoisotopic (exact) mass is 259 g/mol. The molecule has 0 aromatic heterocycles. The Morgan fingerprint density at radius 3 is 1.79 bits per heavy atom. The van der Waals surface area contributed by atoms with Gasteiger partial charge in [-0.15, -0.1) is 0 Å². The van der Waals surface area contributed by atoms with E-state index < -0.39 is 0 Å². The highest BCUT2D eigenvalue weighted by Crippen LogP contribution is 2.38. The molecule has 3 nitrogen and oxygen atoms in total. The Labute approximate surface area is 92.1 Å². The molecule has 0 aliphatic carbocycles. The van der Waals surface area contributed by atoms with Crippen LogP contribution in [0.5, 0.6) is 17.2 Å². The van der Waals surface area contributed by atoms with Crippen LogP contribution in [0, 0.1) is 5.33 Å². The van der Waals surface area contributed by atoms with Gasteiger partial charge in [0.25, 0.3) is 0 Å².